The van der Waals surface area contributed by atoms with Crippen molar-refractivity contribution < 1.29 is 0 Å². The summed E-state index contributed by atoms with van der Waals surface area (Å²) in [6.45, 7) is 5.45. The highest BCUT2D eigenvalue weighted by Crippen LogP contribution is 2.11. The molecule has 0 unspecified atom stereocenters. The van der Waals surface area contributed by atoms with E-state index in [2.05, 4.69) is 22.0 Å². The molecule has 0 amide bonds. The molecule has 1 rings (SSSR count). The molecule has 0 saturated heterocycles. The number of rotatable bonds is 6. The Bertz CT molecular complexity index is 258. The monoisotopic (exact) mass is 198 g/mol. The van der Waals surface area contributed by atoms with Crippen LogP contribution in [-0.2, 0) is 7.05 Å². The topological polar surface area (TPSA) is 42.7 Å². The average molecular weight is 198 g/mol. The first-order valence-corrected chi connectivity index (χ1v) is 5.11. The smallest absolute Gasteiger partial charge is 0.185 e. The number of thioether (sulfide) groups is 1. The molecule has 0 bridgehead atoms. The van der Waals surface area contributed by atoms with E-state index >= 15 is 0 Å². The van der Waals surface area contributed by atoms with E-state index in [1.54, 1.807) is 22.8 Å². The van der Waals surface area contributed by atoms with E-state index in [1.165, 1.54) is 0 Å². The molecular weight excluding hydrogens is 184 g/mol. The molecule has 4 nitrogen and oxygen atoms in total. The molecule has 0 atom stereocenters. The van der Waals surface area contributed by atoms with Gasteiger partial charge in [-0.2, -0.15) is 5.10 Å². The van der Waals surface area contributed by atoms with Crippen molar-refractivity contribution in [1.29, 1.82) is 0 Å². The summed E-state index contributed by atoms with van der Waals surface area (Å²) in [6, 6.07) is 0. The lowest BCUT2D eigenvalue weighted by Gasteiger charge is -2.00. The predicted molar refractivity (Wildman–Crippen MR) is 54.8 cm³/mol. The van der Waals surface area contributed by atoms with Gasteiger partial charge in [0.05, 0.1) is 0 Å². The molecule has 1 aromatic rings. The molecule has 0 aliphatic heterocycles. The van der Waals surface area contributed by atoms with Gasteiger partial charge >= 0.3 is 0 Å². The first-order chi connectivity index (χ1) is 6.34. The zero-order valence-electron chi connectivity index (χ0n) is 7.73. The predicted octanol–water partition coefficient (Wildman–Crippen LogP) is 0.683. The van der Waals surface area contributed by atoms with Gasteiger partial charge in [0.1, 0.15) is 6.33 Å². The van der Waals surface area contributed by atoms with E-state index in [0.29, 0.717) is 0 Å². The van der Waals surface area contributed by atoms with Crippen LogP contribution in [0.2, 0.25) is 0 Å². The van der Waals surface area contributed by atoms with Crippen LogP contribution in [0.1, 0.15) is 0 Å². The van der Waals surface area contributed by atoms with Crippen LogP contribution in [0.3, 0.4) is 0 Å². The largest absolute Gasteiger partial charge is 0.312 e. The molecule has 0 fully saturated rings. The van der Waals surface area contributed by atoms with Gasteiger partial charge in [-0.3, -0.25) is 0 Å². The summed E-state index contributed by atoms with van der Waals surface area (Å²) >= 11 is 1.70. The summed E-state index contributed by atoms with van der Waals surface area (Å²) < 4.78 is 1.78. The Morgan fingerprint density at radius 1 is 1.77 bits per heavy atom. The second-order valence-corrected chi connectivity index (χ2v) is 3.57. The third-order valence-corrected chi connectivity index (χ3v) is 2.50. The van der Waals surface area contributed by atoms with Gasteiger partial charge in [-0.15, -0.1) is 6.58 Å². The number of aryl methyl sites for hydroxylation is 1. The number of hydrogen-bond acceptors (Lipinski definition) is 4. The first kappa shape index (κ1) is 10.3. The quantitative estimate of drug-likeness (QED) is 0.415. The minimum atomic E-state index is 0.860. The summed E-state index contributed by atoms with van der Waals surface area (Å²) in [7, 11) is 1.90. The number of aromatic nitrogens is 3. The van der Waals surface area contributed by atoms with Crippen molar-refractivity contribution in [3.05, 3.63) is 19.0 Å². The fourth-order valence-corrected chi connectivity index (χ4v) is 1.62. The van der Waals surface area contributed by atoms with E-state index in [0.717, 1.165) is 24.0 Å². The van der Waals surface area contributed by atoms with Crippen molar-refractivity contribution in [2.75, 3.05) is 18.8 Å². The minimum Gasteiger partial charge on any atom is -0.312 e. The molecule has 13 heavy (non-hydrogen) atoms. The number of nitrogens with zero attached hydrogens (tertiary/aromatic N) is 3. The molecule has 0 spiro atoms. The first-order valence-electron chi connectivity index (χ1n) is 4.13. The normalized spacial score (nSPS) is 10.2. The highest BCUT2D eigenvalue weighted by atomic mass is 32.2. The molecule has 0 aromatic carbocycles. The summed E-state index contributed by atoms with van der Waals surface area (Å²) in [5.74, 6) is 1.00. The van der Waals surface area contributed by atoms with Crippen LogP contribution in [0.5, 0.6) is 0 Å². The van der Waals surface area contributed by atoms with Gasteiger partial charge in [-0.1, -0.05) is 17.8 Å². The molecule has 1 N–H and O–H groups in total. The van der Waals surface area contributed by atoms with Gasteiger partial charge < -0.3 is 5.32 Å². The standard InChI is InChI=1S/C8H14N4S/c1-3-4-9-5-6-13-8-10-7-11-12(8)2/h3,7,9H,1,4-6H2,2H3. The lowest BCUT2D eigenvalue weighted by molar-refractivity contribution is 0.684. The Labute approximate surface area is 82.4 Å². The van der Waals surface area contributed by atoms with Gasteiger partial charge in [0, 0.05) is 25.9 Å². The average Bonchev–Trinajstić information content (AvgIpc) is 2.52. The van der Waals surface area contributed by atoms with E-state index in [9.17, 15) is 0 Å². The third-order valence-electron chi connectivity index (χ3n) is 1.47. The summed E-state index contributed by atoms with van der Waals surface area (Å²) in [6.07, 6.45) is 3.42. The number of hydrogen-bond donors (Lipinski definition) is 1. The molecule has 0 saturated carbocycles. The van der Waals surface area contributed by atoms with E-state index in [-0.39, 0.29) is 0 Å². The lowest BCUT2D eigenvalue weighted by atomic mass is 10.6. The van der Waals surface area contributed by atoms with E-state index in [4.69, 9.17) is 0 Å². The van der Waals surface area contributed by atoms with Gasteiger partial charge in [0.25, 0.3) is 0 Å². The van der Waals surface area contributed by atoms with Crippen LogP contribution in [0.4, 0.5) is 0 Å². The Morgan fingerprint density at radius 3 is 3.23 bits per heavy atom. The summed E-state index contributed by atoms with van der Waals surface area (Å²) in [5.41, 5.74) is 0. The molecule has 1 heterocycles. The Kier molecular flexibility index (Phi) is 4.56. The maximum atomic E-state index is 4.10. The van der Waals surface area contributed by atoms with Crippen LogP contribution < -0.4 is 5.32 Å². The van der Waals surface area contributed by atoms with Crippen LogP contribution in [-0.4, -0.2) is 33.6 Å². The maximum absolute atomic E-state index is 4.10. The lowest BCUT2D eigenvalue weighted by Crippen LogP contribution is -2.16. The van der Waals surface area contributed by atoms with Gasteiger partial charge in [-0.05, 0) is 0 Å². The van der Waals surface area contributed by atoms with Crippen molar-refractivity contribution in [3.63, 3.8) is 0 Å². The van der Waals surface area contributed by atoms with E-state index < -0.39 is 0 Å². The SMILES string of the molecule is C=CCNCCSc1ncnn1C. The molecule has 72 valence electrons. The van der Waals surface area contributed by atoms with Crippen LogP contribution in [0, 0.1) is 0 Å². The summed E-state index contributed by atoms with van der Waals surface area (Å²) in [5, 5.41) is 8.16. The zero-order chi connectivity index (χ0) is 9.52. The highest BCUT2D eigenvalue weighted by Gasteiger charge is 1.98. The molecular formula is C8H14N4S. The van der Waals surface area contributed by atoms with Crippen molar-refractivity contribution in [2.24, 2.45) is 7.05 Å². The highest BCUT2D eigenvalue weighted by molar-refractivity contribution is 7.99. The fourth-order valence-electron chi connectivity index (χ4n) is 0.835. The van der Waals surface area contributed by atoms with Crippen LogP contribution in [0.15, 0.2) is 24.1 Å². The number of nitrogens with one attached hydrogen (secondary N) is 1. The second-order valence-electron chi connectivity index (χ2n) is 2.51. The van der Waals surface area contributed by atoms with E-state index in [1.807, 2.05) is 13.1 Å². The van der Waals surface area contributed by atoms with Crippen molar-refractivity contribution in [1.82, 2.24) is 20.1 Å². The Morgan fingerprint density at radius 2 is 2.62 bits per heavy atom. The molecule has 0 aliphatic rings. The third kappa shape index (κ3) is 3.61. The molecule has 5 heteroatoms. The molecule has 1 aromatic heterocycles. The maximum Gasteiger partial charge on any atom is 0.185 e. The van der Waals surface area contributed by atoms with Crippen molar-refractivity contribution in [3.8, 4) is 0 Å². The van der Waals surface area contributed by atoms with Gasteiger partial charge in [-0.25, -0.2) is 9.67 Å². The fraction of sp³-hybridized carbons (Fsp3) is 0.500. The zero-order valence-corrected chi connectivity index (χ0v) is 8.55. The Balaban J connectivity index is 2.13. The van der Waals surface area contributed by atoms with Gasteiger partial charge in [0.15, 0.2) is 5.16 Å². The van der Waals surface area contributed by atoms with Crippen LogP contribution >= 0.6 is 11.8 Å². The Hall–Kier alpha value is -0.810. The molecule has 0 radical (unpaired) electrons. The summed E-state index contributed by atoms with van der Waals surface area (Å²) in [4.78, 5) is 4.10. The minimum absolute atomic E-state index is 0.860. The van der Waals surface area contributed by atoms with Gasteiger partial charge in [0.2, 0.25) is 0 Å². The van der Waals surface area contributed by atoms with Crippen LogP contribution in [0.25, 0.3) is 0 Å². The van der Waals surface area contributed by atoms with Crippen molar-refractivity contribution >= 4 is 11.8 Å². The van der Waals surface area contributed by atoms with Crippen molar-refractivity contribution in [2.45, 2.75) is 5.16 Å². The second kappa shape index (κ2) is 5.77. The molecule has 0 aliphatic carbocycles.